The lowest BCUT2D eigenvalue weighted by molar-refractivity contribution is -0.133. The van der Waals surface area contributed by atoms with Crippen LogP contribution in [0.25, 0.3) is 0 Å². The van der Waals surface area contributed by atoms with Crippen molar-refractivity contribution in [3.63, 3.8) is 0 Å². The Labute approximate surface area is 146 Å². The molecule has 0 aromatic carbocycles. The molecule has 0 radical (unpaired) electrons. The van der Waals surface area contributed by atoms with Gasteiger partial charge in [0.15, 0.2) is 0 Å². The fraction of sp³-hybridized carbons (Fsp3) is 0.444. The standard InChI is InChI=1S/C18H23N3O2S/c1-14(22)19-16(17-5-4-12-24-17)13-18(23)21-10-6-15(7-11-21)20-8-2-3-9-20/h2-5,8-9,12,15-16H,6-7,10-11,13H2,1H3,(H,19,22)/t16-/m1/s1. The number of nitrogens with zero attached hydrogens (tertiary/aromatic N) is 2. The molecule has 1 aliphatic heterocycles. The molecule has 5 nitrogen and oxygen atoms in total. The SMILES string of the molecule is CC(=O)N[C@H](CC(=O)N1CCC(n2cccc2)CC1)c1cccs1. The fourth-order valence-corrected chi connectivity index (χ4v) is 4.04. The van der Waals surface area contributed by atoms with E-state index in [-0.39, 0.29) is 17.9 Å². The van der Waals surface area contributed by atoms with Crippen molar-refractivity contribution in [2.45, 2.75) is 38.3 Å². The van der Waals surface area contributed by atoms with Crippen LogP contribution >= 0.6 is 11.3 Å². The van der Waals surface area contributed by atoms with E-state index in [0.717, 1.165) is 30.8 Å². The maximum atomic E-state index is 12.7. The second-order valence-electron chi connectivity index (χ2n) is 6.21. The van der Waals surface area contributed by atoms with Gasteiger partial charge < -0.3 is 14.8 Å². The van der Waals surface area contributed by atoms with Gasteiger partial charge in [0, 0.05) is 43.3 Å². The van der Waals surface area contributed by atoms with E-state index in [1.165, 1.54) is 6.92 Å². The first kappa shape index (κ1) is 16.8. The topological polar surface area (TPSA) is 54.3 Å². The number of nitrogens with one attached hydrogen (secondary N) is 1. The summed E-state index contributed by atoms with van der Waals surface area (Å²) in [4.78, 5) is 27.1. The summed E-state index contributed by atoms with van der Waals surface area (Å²) in [5.74, 6) is 0.0145. The average molecular weight is 345 g/mol. The lowest BCUT2D eigenvalue weighted by Crippen LogP contribution is -2.40. The van der Waals surface area contributed by atoms with Gasteiger partial charge in [-0.15, -0.1) is 11.3 Å². The van der Waals surface area contributed by atoms with E-state index < -0.39 is 0 Å². The molecule has 1 saturated heterocycles. The Balaban J connectivity index is 1.57. The minimum Gasteiger partial charge on any atom is -0.351 e. The maximum absolute atomic E-state index is 12.7. The Bertz CT molecular complexity index is 659. The van der Waals surface area contributed by atoms with Gasteiger partial charge >= 0.3 is 0 Å². The van der Waals surface area contributed by atoms with E-state index in [2.05, 4.69) is 22.3 Å². The number of likely N-dealkylation sites (tertiary alicyclic amines) is 1. The van der Waals surface area contributed by atoms with Crippen LogP contribution in [0.4, 0.5) is 0 Å². The Morgan fingerprint density at radius 1 is 1.25 bits per heavy atom. The molecule has 0 saturated carbocycles. The Hall–Kier alpha value is -2.08. The number of rotatable bonds is 5. The summed E-state index contributed by atoms with van der Waals surface area (Å²) in [6.07, 6.45) is 6.46. The molecule has 3 rings (SSSR count). The van der Waals surface area contributed by atoms with Gasteiger partial charge in [0.1, 0.15) is 0 Å². The third-order valence-electron chi connectivity index (χ3n) is 4.51. The van der Waals surface area contributed by atoms with Crippen LogP contribution in [0.15, 0.2) is 42.0 Å². The van der Waals surface area contributed by atoms with Crippen LogP contribution in [0.5, 0.6) is 0 Å². The largest absolute Gasteiger partial charge is 0.351 e. The summed E-state index contributed by atoms with van der Waals surface area (Å²) in [5.41, 5.74) is 0. The van der Waals surface area contributed by atoms with Crippen LogP contribution in [0.3, 0.4) is 0 Å². The summed E-state index contributed by atoms with van der Waals surface area (Å²) in [7, 11) is 0. The predicted octanol–water partition coefficient (Wildman–Crippen LogP) is 2.98. The number of aromatic nitrogens is 1. The van der Waals surface area contributed by atoms with Crippen LogP contribution in [0.2, 0.25) is 0 Å². The third kappa shape index (κ3) is 4.06. The van der Waals surface area contributed by atoms with E-state index in [4.69, 9.17) is 0 Å². The number of carbonyl (C=O) groups excluding carboxylic acids is 2. The van der Waals surface area contributed by atoms with Gasteiger partial charge in [0.2, 0.25) is 11.8 Å². The van der Waals surface area contributed by atoms with Crippen molar-refractivity contribution in [1.29, 1.82) is 0 Å². The number of piperidine rings is 1. The summed E-state index contributed by atoms with van der Waals surface area (Å²) >= 11 is 1.57. The fourth-order valence-electron chi connectivity index (χ4n) is 3.27. The molecule has 2 aromatic rings. The lowest BCUT2D eigenvalue weighted by atomic mass is 10.0. The number of amides is 2. The van der Waals surface area contributed by atoms with Crippen LogP contribution in [0.1, 0.15) is 43.1 Å². The second-order valence-corrected chi connectivity index (χ2v) is 7.19. The molecule has 24 heavy (non-hydrogen) atoms. The van der Waals surface area contributed by atoms with Gasteiger partial charge in [-0.2, -0.15) is 0 Å². The summed E-state index contributed by atoms with van der Waals surface area (Å²) in [6, 6.07) is 8.25. The summed E-state index contributed by atoms with van der Waals surface area (Å²) < 4.78 is 2.23. The Morgan fingerprint density at radius 3 is 2.54 bits per heavy atom. The van der Waals surface area contributed by atoms with E-state index in [9.17, 15) is 9.59 Å². The highest BCUT2D eigenvalue weighted by atomic mass is 32.1. The number of hydrogen-bond acceptors (Lipinski definition) is 3. The van der Waals surface area contributed by atoms with Crippen LogP contribution in [-0.2, 0) is 9.59 Å². The molecule has 2 aromatic heterocycles. The molecule has 128 valence electrons. The minimum absolute atomic E-state index is 0.104. The zero-order valence-corrected chi connectivity index (χ0v) is 14.7. The monoisotopic (exact) mass is 345 g/mol. The van der Waals surface area contributed by atoms with Gasteiger partial charge in [-0.1, -0.05) is 6.07 Å². The molecule has 3 heterocycles. The van der Waals surface area contributed by atoms with Gasteiger partial charge in [-0.25, -0.2) is 0 Å². The molecule has 1 aliphatic rings. The van der Waals surface area contributed by atoms with Crippen molar-refractivity contribution in [2.24, 2.45) is 0 Å². The molecule has 1 atom stereocenters. The number of hydrogen-bond donors (Lipinski definition) is 1. The van der Waals surface area contributed by atoms with Crippen molar-refractivity contribution in [3.05, 3.63) is 46.9 Å². The second kappa shape index (κ2) is 7.66. The number of thiophene rings is 1. The first-order valence-corrected chi connectivity index (χ1v) is 9.22. The smallest absolute Gasteiger partial charge is 0.225 e. The van der Waals surface area contributed by atoms with E-state index in [0.29, 0.717) is 12.5 Å². The number of carbonyl (C=O) groups is 2. The highest BCUT2D eigenvalue weighted by Crippen LogP contribution is 2.26. The Kier molecular flexibility index (Phi) is 5.35. The van der Waals surface area contributed by atoms with Crippen molar-refractivity contribution >= 4 is 23.2 Å². The van der Waals surface area contributed by atoms with Crippen LogP contribution in [-0.4, -0.2) is 34.4 Å². The highest BCUT2D eigenvalue weighted by molar-refractivity contribution is 7.10. The molecule has 0 unspecified atom stereocenters. The van der Waals surface area contributed by atoms with Crippen molar-refractivity contribution in [3.8, 4) is 0 Å². The highest BCUT2D eigenvalue weighted by Gasteiger charge is 2.26. The average Bonchev–Trinajstić information content (AvgIpc) is 3.27. The first-order chi connectivity index (χ1) is 11.6. The first-order valence-electron chi connectivity index (χ1n) is 8.34. The molecular formula is C18H23N3O2S. The lowest BCUT2D eigenvalue weighted by Gasteiger charge is -2.33. The van der Waals surface area contributed by atoms with E-state index >= 15 is 0 Å². The summed E-state index contributed by atoms with van der Waals surface area (Å²) in [5, 5.41) is 4.87. The van der Waals surface area contributed by atoms with Gasteiger partial charge in [-0.05, 0) is 36.4 Å². The van der Waals surface area contributed by atoms with Crippen molar-refractivity contribution in [2.75, 3.05) is 13.1 Å². The summed E-state index contributed by atoms with van der Waals surface area (Å²) in [6.45, 7) is 3.05. The van der Waals surface area contributed by atoms with Gasteiger partial charge in [-0.3, -0.25) is 9.59 Å². The molecular weight excluding hydrogens is 322 g/mol. The molecule has 0 bridgehead atoms. The zero-order chi connectivity index (χ0) is 16.9. The molecule has 2 amide bonds. The normalized spacial score (nSPS) is 16.8. The Morgan fingerprint density at radius 2 is 1.96 bits per heavy atom. The third-order valence-corrected chi connectivity index (χ3v) is 5.50. The van der Waals surface area contributed by atoms with Crippen LogP contribution < -0.4 is 5.32 Å². The molecule has 1 fully saturated rings. The minimum atomic E-state index is -0.225. The molecule has 6 heteroatoms. The van der Waals surface area contributed by atoms with Crippen molar-refractivity contribution in [1.82, 2.24) is 14.8 Å². The molecule has 1 N–H and O–H groups in total. The van der Waals surface area contributed by atoms with E-state index in [1.807, 2.05) is 34.5 Å². The molecule has 0 spiro atoms. The maximum Gasteiger partial charge on any atom is 0.225 e. The van der Waals surface area contributed by atoms with Gasteiger partial charge in [0.25, 0.3) is 0 Å². The predicted molar refractivity (Wildman–Crippen MR) is 94.8 cm³/mol. The molecule has 0 aliphatic carbocycles. The zero-order valence-electron chi connectivity index (χ0n) is 13.9. The quantitative estimate of drug-likeness (QED) is 0.906. The van der Waals surface area contributed by atoms with Gasteiger partial charge in [0.05, 0.1) is 12.5 Å². The van der Waals surface area contributed by atoms with Crippen molar-refractivity contribution < 1.29 is 9.59 Å². The van der Waals surface area contributed by atoms with Crippen LogP contribution in [0, 0.1) is 0 Å². The van der Waals surface area contributed by atoms with E-state index in [1.54, 1.807) is 11.3 Å².